The maximum Gasteiger partial charge on any atom is 0.0175 e. The molecule has 1 aliphatic carbocycles. The molecule has 2 rings (SSSR count). The van der Waals surface area contributed by atoms with Crippen LogP contribution in [0.15, 0.2) is 34.8 Å². The van der Waals surface area contributed by atoms with Crippen LogP contribution in [0.5, 0.6) is 0 Å². The SMILES string of the molecule is Brc1ccccc1.C1CCC1. The average Bonchev–Trinajstić information content (AvgIpc) is 1.85. The maximum absolute atomic E-state index is 3.31. The van der Waals surface area contributed by atoms with E-state index in [-0.39, 0.29) is 0 Å². The largest absolute Gasteiger partial charge is 0.0622 e. The van der Waals surface area contributed by atoms with E-state index in [9.17, 15) is 0 Å². The van der Waals surface area contributed by atoms with Gasteiger partial charge in [0, 0.05) is 4.47 Å². The highest BCUT2D eigenvalue weighted by Gasteiger charge is 1.95. The number of hydrogen-bond acceptors (Lipinski definition) is 0. The second kappa shape index (κ2) is 5.36. The van der Waals surface area contributed by atoms with E-state index in [1.165, 1.54) is 25.7 Å². The van der Waals surface area contributed by atoms with Crippen molar-refractivity contribution in [3.63, 3.8) is 0 Å². The van der Waals surface area contributed by atoms with E-state index in [0.717, 1.165) is 4.47 Å². The molecule has 1 heteroatoms. The minimum Gasteiger partial charge on any atom is -0.0622 e. The molecule has 0 radical (unpaired) electrons. The highest BCUT2D eigenvalue weighted by Crippen LogP contribution is 2.15. The topological polar surface area (TPSA) is 0 Å². The van der Waals surface area contributed by atoms with E-state index in [1.54, 1.807) is 0 Å². The third-order valence-corrected chi connectivity index (χ3v) is 2.26. The van der Waals surface area contributed by atoms with E-state index in [4.69, 9.17) is 0 Å². The molecule has 0 aromatic heterocycles. The van der Waals surface area contributed by atoms with Crippen LogP contribution in [0.2, 0.25) is 0 Å². The van der Waals surface area contributed by atoms with Crippen LogP contribution >= 0.6 is 15.9 Å². The van der Waals surface area contributed by atoms with Gasteiger partial charge in [0.05, 0.1) is 0 Å². The summed E-state index contributed by atoms with van der Waals surface area (Å²) in [4.78, 5) is 0. The second-order valence-corrected chi connectivity index (χ2v) is 3.63. The average molecular weight is 213 g/mol. The first-order valence-electron chi connectivity index (χ1n) is 4.10. The van der Waals surface area contributed by atoms with Crippen molar-refractivity contribution in [1.29, 1.82) is 0 Å². The van der Waals surface area contributed by atoms with Gasteiger partial charge in [0.2, 0.25) is 0 Å². The molecular weight excluding hydrogens is 200 g/mol. The Hall–Kier alpha value is -0.300. The molecule has 0 amide bonds. The second-order valence-electron chi connectivity index (χ2n) is 2.71. The third kappa shape index (κ3) is 4.20. The molecule has 1 aromatic rings. The van der Waals surface area contributed by atoms with E-state index < -0.39 is 0 Å². The lowest BCUT2D eigenvalue weighted by Crippen LogP contribution is -1.85. The van der Waals surface area contributed by atoms with Gasteiger partial charge in [0.1, 0.15) is 0 Å². The van der Waals surface area contributed by atoms with Crippen molar-refractivity contribution in [2.45, 2.75) is 25.7 Å². The Labute approximate surface area is 76.8 Å². The molecule has 0 bridgehead atoms. The summed E-state index contributed by atoms with van der Waals surface area (Å²) in [5.41, 5.74) is 0. The van der Waals surface area contributed by atoms with Crippen molar-refractivity contribution < 1.29 is 0 Å². The van der Waals surface area contributed by atoms with Crippen molar-refractivity contribution in [3.8, 4) is 0 Å². The molecule has 60 valence electrons. The fraction of sp³-hybridized carbons (Fsp3) is 0.400. The Balaban J connectivity index is 0.000000128. The summed E-state index contributed by atoms with van der Waals surface area (Å²) >= 11 is 3.31. The summed E-state index contributed by atoms with van der Waals surface area (Å²) in [7, 11) is 0. The van der Waals surface area contributed by atoms with Crippen molar-refractivity contribution in [1.82, 2.24) is 0 Å². The van der Waals surface area contributed by atoms with Gasteiger partial charge in [-0.3, -0.25) is 0 Å². The minimum atomic E-state index is 1.13. The van der Waals surface area contributed by atoms with Gasteiger partial charge in [-0.2, -0.15) is 0 Å². The Morgan fingerprint density at radius 3 is 1.45 bits per heavy atom. The summed E-state index contributed by atoms with van der Waals surface area (Å²) in [5.74, 6) is 0. The first-order valence-corrected chi connectivity index (χ1v) is 4.89. The molecule has 1 aliphatic rings. The smallest absolute Gasteiger partial charge is 0.0175 e. The molecule has 1 saturated carbocycles. The first-order chi connectivity index (χ1) is 5.39. The molecule has 0 spiro atoms. The molecule has 0 heterocycles. The lowest BCUT2D eigenvalue weighted by Gasteiger charge is -2.05. The molecule has 0 N–H and O–H groups in total. The van der Waals surface area contributed by atoms with Crippen LogP contribution in [0.1, 0.15) is 25.7 Å². The van der Waals surface area contributed by atoms with Crippen molar-refractivity contribution in [2.75, 3.05) is 0 Å². The van der Waals surface area contributed by atoms with E-state index in [0.29, 0.717) is 0 Å². The summed E-state index contributed by atoms with van der Waals surface area (Å²) in [6.07, 6.45) is 6.00. The van der Waals surface area contributed by atoms with Crippen molar-refractivity contribution in [2.24, 2.45) is 0 Å². The molecule has 1 aromatic carbocycles. The predicted octanol–water partition coefficient (Wildman–Crippen LogP) is 4.01. The highest BCUT2D eigenvalue weighted by atomic mass is 79.9. The quantitative estimate of drug-likeness (QED) is 0.610. The zero-order valence-electron chi connectivity index (χ0n) is 6.59. The summed E-state index contributed by atoms with van der Waals surface area (Å²) in [6.45, 7) is 0. The molecule has 1 fully saturated rings. The lowest BCUT2D eigenvalue weighted by molar-refractivity contribution is 0.504. The molecule has 0 aliphatic heterocycles. The first kappa shape index (κ1) is 8.79. The molecular formula is C10H13Br. The van der Waals surface area contributed by atoms with Crippen LogP contribution in [0.3, 0.4) is 0 Å². The van der Waals surface area contributed by atoms with Crippen LogP contribution in [-0.2, 0) is 0 Å². The van der Waals surface area contributed by atoms with Gasteiger partial charge in [-0.05, 0) is 12.1 Å². The van der Waals surface area contributed by atoms with Crippen LogP contribution in [0.4, 0.5) is 0 Å². The van der Waals surface area contributed by atoms with Crippen molar-refractivity contribution in [3.05, 3.63) is 34.8 Å². The van der Waals surface area contributed by atoms with Crippen LogP contribution in [-0.4, -0.2) is 0 Å². The van der Waals surface area contributed by atoms with Crippen molar-refractivity contribution >= 4 is 15.9 Å². The number of hydrogen-bond donors (Lipinski definition) is 0. The van der Waals surface area contributed by atoms with Gasteiger partial charge in [0.15, 0.2) is 0 Å². The number of benzene rings is 1. The summed E-state index contributed by atoms with van der Waals surface area (Å²) < 4.78 is 1.13. The normalized spacial score (nSPS) is 14.3. The summed E-state index contributed by atoms with van der Waals surface area (Å²) in [5, 5.41) is 0. The van der Waals surface area contributed by atoms with Gasteiger partial charge in [-0.25, -0.2) is 0 Å². The van der Waals surface area contributed by atoms with Crippen LogP contribution in [0, 0.1) is 0 Å². The van der Waals surface area contributed by atoms with Gasteiger partial charge >= 0.3 is 0 Å². The standard InChI is InChI=1S/C6H5Br.C4H8/c7-6-4-2-1-3-5-6;1-2-4-3-1/h1-5H;1-4H2. The third-order valence-electron chi connectivity index (χ3n) is 1.73. The van der Waals surface area contributed by atoms with E-state index >= 15 is 0 Å². The summed E-state index contributed by atoms with van der Waals surface area (Å²) in [6, 6.07) is 9.97. The van der Waals surface area contributed by atoms with Crippen LogP contribution < -0.4 is 0 Å². The lowest BCUT2D eigenvalue weighted by atomic mass is 10.0. The highest BCUT2D eigenvalue weighted by molar-refractivity contribution is 9.10. The molecule has 0 saturated heterocycles. The maximum atomic E-state index is 3.31. The molecule has 0 unspecified atom stereocenters. The fourth-order valence-corrected chi connectivity index (χ4v) is 0.970. The predicted molar refractivity (Wildman–Crippen MR) is 52.6 cm³/mol. The number of rotatable bonds is 0. The Morgan fingerprint density at radius 2 is 1.27 bits per heavy atom. The Kier molecular flexibility index (Phi) is 4.29. The Morgan fingerprint density at radius 1 is 0.818 bits per heavy atom. The zero-order valence-corrected chi connectivity index (χ0v) is 8.18. The Bertz CT molecular complexity index is 173. The zero-order chi connectivity index (χ0) is 7.94. The monoisotopic (exact) mass is 212 g/mol. The van der Waals surface area contributed by atoms with Gasteiger partial charge in [-0.1, -0.05) is 59.8 Å². The van der Waals surface area contributed by atoms with E-state index in [2.05, 4.69) is 15.9 Å². The van der Waals surface area contributed by atoms with E-state index in [1.807, 2.05) is 30.3 Å². The molecule has 11 heavy (non-hydrogen) atoms. The van der Waals surface area contributed by atoms with Crippen LogP contribution in [0.25, 0.3) is 0 Å². The fourth-order valence-electron chi connectivity index (χ4n) is 0.665. The number of halogens is 1. The van der Waals surface area contributed by atoms with Gasteiger partial charge in [0.25, 0.3) is 0 Å². The van der Waals surface area contributed by atoms with Gasteiger partial charge < -0.3 is 0 Å². The minimum absolute atomic E-state index is 1.13. The molecule has 0 nitrogen and oxygen atoms in total. The molecule has 0 atom stereocenters. The van der Waals surface area contributed by atoms with Gasteiger partial charge in [-0.15, -0.1) is 0 Å².